The summed E-state index contributed by atoms with van der Waals surface area (Å²) in [7, 11) is 1.60. The SMILES string of the molecule is COc1ccc([C@@H]2C(C#N)=C(N)OC3=C2C(=O)CCC3)cc1COc1ccc(C)cc1. The van der Waals surface area contributed by atoms with Gasteiger partial charge in [-0.2, -0.15) is 5.26 Å². The normalized spacial score (nSPS) is 18.2. The Morgan fingerprint density at radius 1 is 1.19 bits per heavy atom. The summed E-state index contributed by atoms with van der Waals surface area (Å²) in [5.41, 5.74) is 9.59. The van der Waals surface area contributed by atoms with Crippen molar-refractivity contribution in [2.45, 2.75) is 38.7 Å². The molecule has 0 fully saturated rings. The Balaban J connectivity index is 1.72. The zero-order valence-electron chi connectivity index (χ0n) is 17.6. The van der Waals surface area contributed by atoms with Crippen molar-refractivity contribution in [3.8, 4) is 17.6 Å². The van der Waals surface area contributed by atoms with Gasteiger partial charge >= 0.3 is 0 Å². The van der Waals surface area contributed by atoms with Gasteiger partial charge in [-0.25, -0.2) is 0 Å². The topological polar surface area (TPSA) is 94.6 Å². The van der Waals surface area contributed by atoms with Gasteiger partial charge in [0.2, 0.25) is 5.88 Å². The Morgan fingerprint density at radius 2 is 1.97 bits per heavy atom. The first kappa shape index (κ1) is 20.5. The van der Waals surface area contributed by atoms with Crippen molar-refractivity contribution in [2.24, 2.45) is 5.73 Å². The largest absolute Gasteiger partial charge is 0.496 e. The van der Waals surface area contributed by atoms with E-state index in [4.69, 9.17) is 19.9 Å². The summed E-state index contributed by atoms with van der Waals surface area (Å²) in [4.78, 5) is 12.8. The van der Waals surface area contributed by atoms with Crippen molar-refractivity contribution in [1.29, 1.82) is 5.26 Å². The zero-order chi connectivity index (χ0) is 22.0. The number of ketones is 1. The molecule has 0 unspecified atom stereocenters. The van der Waals surface area contributed by atoms with E-state index in [1.54, 1.807) is 7.11 Å². The second-order valence-corrected chi connectivity index (χ2v) is 7.71. The van der Waals surface area contributed by atoms with Crippen molar-refractivity contribution >= 4 is 5.78 Å². The average molecular weight is 416 g/mol. The van der Waals surface area contributed by atoms with E-state index >= 15 is 0 Å². The number of methoxy groups -OCH3 is 1. The number of nitrogens with two attached hydrogens (primary N) is 1. The first-order valence-electron chi connectivity index (χ1n) is 10.2. The van der Waals surface area contributed by atoms with E-state index in [1.807, 2.05) is 49.4 Å². The number of hydrogen-bond acceptors (Lipinski definition) is 6. The van der Waals surface area contributed by atoms with Crippen LogP contribution in [0, 0.1) is 18.3 Å². The standard InChI is InChI=1S/C25H24N2O4/c1-15-6-9-18(10-7-15)30-14-17-12-16(8-11-21(17)29-2)23-19(13-26)25(27)31-22-5-3-4-20(28)24(22)23/h6-12,23H,3-5,14,27H2,1-2H3/t23-/m1/s1. The Labute approximate surface area is 181 Å². The maximum Gasteiger partial charge on any atom is 0.205 e. The van der Waals surface area contributed by atoms with Crippen LogP contribution in [0.5, 0.6) is 11.5 Å². The highest BCUT2D eigenvalue weighted by Crippen LogP contribution is 2.44. The van der Waals surface area contributed by atoms with E-state index in [1.165, 1.54) is 0 Å². The van der Waals surface area contributed by atoms with Crippen LogP contribution in [0.2, 0.25) is 0 Å². The summed E-state index contributed by atoms with van der Waals surface area (Å²) in [6.07, 6.45) is 1.80. The molecule has 6 heteroatoms. The van der Waals surface area contributed by atoms with Crippen molar-refractivity contribution in [1.82, 2.24) is 0 Å². The summed E-state index contributed by atoms with van der Waals surface area (Å²) >= 11 is 0. The molecule has 2 aromatic rings. The number of nitriles is 1. The number of nitrogens with zero attached hydrogens (tertiary/aromatic N) is 1. The van der Waals surface area contributed by atoms with Gasteiger partial charge in [-0.1, -0.05) is 23.8 Å². The lowest BCUT2D eigenvalue weighted by molar-refractivity contribution is -0.116. The van der Waals surface area contributed by atoms with Crippen molar-refractivity contribution in [3.63, 3.8) is 0 Å². The molecule has 0 saturated carbocycles. The van der Waals surface area contributed by atoms with Crippen LogP contribution in [-0.4, -0.2) is 12.9 Å². The highest BCUT2D eigenvalue weighted by Gasteiger charge is 2.38. The smallest absolute Gasteiger partial charge is 0.205 e. The molecule has 0 spiro atoms. The number of rotatable bonds is 5. The van der Waals surface area contributed by atoms with Gasteiger partial charge in [-0.05, 0) is 43.2 Å². The number of allylic oxidation sites excluding steroid dienone is 3. The lowest BCUT2D eigenvalue weighted by atomic mass is 9.77. The van der Waals surface area contributed by atoms with E-state index in [2.05, 4.69) is 6.07 Å². The van der Waals surface area contributed by atoms with Crippen LogP contribution in [0.25, 0.3) is 0 Å². The molecule has 6 nitrogen and oxygen atoms in total. The van der Waals surface area contributed by atoms with Gasteiger partial charge in [-0.3, -0.25) is 4.79 Å². The van der Waals surface area contributed by atoms with Crippen LogP contribution in [0.3, 0.4) is 0 Å². The van der Waals surface area contributed by atoms with Crippen LogP contribution >= 0.6 is 0 Å². The molecular formula is C25H24N2O4. The van der Waals surface area contributed by atoms with Crippen LogP contribution in [-0.2, 0) is 16.1 Å². The van der Waals surface area contributed by atoms with Crippen molar-refractivity contribution in [3.05, 3.63) is 81.9 Å². The first-order valence-corrected chi connectivity index (χ1v) is 10.2. The average Bonchev–Trinajstić information content (AvgIpc) is 2.77. The quantitative estimate of drug-likeness (QED) is 0.776. The number of carbonyl (C=O) groups is 1. The molecule has 2 aromatic carbocycles. The summed E-state index contributed by atoms with van der Waals surface area (Å²) in [6.45, 7) is 2.30. The minimum absolute atomic E-state index is 0.000210. The number of hydrogen-bond donors (Lipinski definition) is 1. The highest BCUT2D eigenvalue weighted by molar-refractivity contribution is 5.99. The molecule has 1 aliphatic carbocycles. The number of carbonyl (C=O) groups excluding carboxylic acids is 1. The van der Waals surface area contributed by atoms with Crippen LogP contribution < -0.4 is 15.2 Å². The van der Waals surface area contributed by atoms with Gasteiger partial charge in [0.25, 0.3) is 0 Å². The number of ether oxygens (including phenoxy) is 3. The predicted octanol–water partition coefficient (Wildman–Crippen LogP) is 4.40. The van der Waals surface area contributed by atoms with Gasteiger partial charge in [0.05, 0.1) is 13.0 Å². The van der Waals surface area contributed by atoms with Crippen LogP contribution in [0.4, 0.5) is 0 Å². The summed E-state index contributed by atoms with van der Waals surface area (Å²) in [5, 5.41) is 9.76. The molecule has 0 amide bonds. The predicted molar refractivity (Wildman–Crippen MR) is 115 cm³/mol. The number of benzene rings is 2. The lowest BCUT2D eigenvalue weighted by Crippen LogP contribution is -2.27. The minimum Gasteiger partial charge on any atom is -0.496 e. The molecule has 1 atom stereocenters. The van der Waals surface area contributed by atoms with Crippen molar-refractivity contribution < 1.29 is 19.0 Å². The lowest BCUT2D eigenvalue weighted by Gasteiger charge is -2.31. The molecule has 2 N–H and O–H groups in total. The Hall–Kier alpha value is -3.72. The molecule has 4 rings (SSSR count). The molecular weight excluding hydrogens is 392 g/mol. The Kier molecular flexibility index (Phi) is 5.68. The molecule has 1 aliphatic heterocycles. The van der Waals surface area contributed by atoms with Gasteiger partial charge < -0.3 is 19.9 Å². The third kappa shape index (κ3) is 3.99. The zero-order valence-corrected chi connectivity index (χ0v) is 17.6. The van der Waals surface area contributed by atoms with E-state index in [9.17, 15) is 10.1 Å². The highest BCUT2D eigenvalue weighted by atomic mass is 16.5. The maximum absolute atomic E-state index is 12.8. The monoisotopic (exact) mass is 416 g/mol. The van der Waals surface area contributed by atoms with Gasteiger partial charge in [0.15, 0.2) is 5.78 Å². The fourth-order valence-electron chi connectivity index (χ4n) is 4.08. The Bertz CT molecular complexity index is 1120. The fraction of sp³-hybridized carbons (Fsp3) is 0.280. The molecule has 158 valence electrons. The fourth-order valence-corrected chi connectivity index (χ4v) is 4.08. The molecule has 0 radical (unpaired) electrons. The second kappa shape index (κ2) is 8.57. The first-order chi connectivity index (χ1) is 15.0. The van der Waals surface area contributed by atoms with Gasteiger partial charge in [0, 0.05) is 24.0 Å². The molecule has 2 aliphatic rings. The third-order valence-corrected chi connectivity index (χ3v) is 5.66. The summed E-state index contributed by atoms with van der Waals surface area (Å²) < 4.78 is 17.1. The van der Waals surface area contributed by atoms with Crippen LogP contribution in [0.15, 0.2) is 65.3 Å². The van der Waals surface area contributed by atoms with Crippen LogP contribution in [0.1, 0.15) is 41.9 Å². The third-order valence-electron chi connectivity index (χ3n) is 5.66. The molecule has 1 heterocycles. The van der Waals surface area contributed by atoms with Gasteiger partial charge in [0.1, 0.15) is 35.5 Å². The van der Waals surface area contributed by atoms with E-state index in [0.29, 0.717) is 29.9 Å². The van der Waals surface area contributed by atoms with E-state index in [0.717, 1.165) is 28.9 Å². The van der Waals surface area contributed by atoms with Crippen molar-refractivity contribution in [2.75, 3.05) is 7.11 Å². The molecule has 0 aromatic heterocycles. The molecule has 0 bridgehead atoms. The summed E-state index contributed by atoms with van der Waals surface area (Å²) in [6, 6.07) is 15.6. The maximum atomic E-state index is 12.8. The second-order valence-electron chi connectivity index (χ2n) is 7.71. The molecule has 0 saturated heterocycles. The number of Topliss-reactive ketones (excluding diaryl/α,β-unsaturated/α-hetero) is 1. The van der Waals surface area contributed by atoms with E-state index in [-0.39, 0.29) is 23.8 Å². The minimum atomic E-state index is -0.550. The summed E-state index contributed by atoms with van der Waals surface area (Å²) in [5.74, 6) is 1.51. The van der Waals surface area contributed by atoms with E-state index < -0.39 is 5.92 Å². The molecule has 31 heavy (non-hydrogen) atoms. The Morgan fingerprint density at radius 3 is 2.68 bits per heavy atom. The number of aryl methyl sites for hydroxylation is 1. The van der Waals surface area contributed by atoms with Gasteiger partial charge in [-0.15, -0.1) is 0 Å².